The monoisotopic (exact) mass is 307 g/mol. The van der Waals surface area contributed by atoms with Crippen molar-refractivity contribution < 1.29 is 22.7 Å². The Hall–Kier alpha value is -1.68. The zero-order valence-corrected chi connectivity index (χ0v) is 12.1. The molecule has 1 amide bonds. The van der Waals surface area contributed by atoms with Crippen LogP contribution in [0, 0.1) is 0 Å². The van der Waals surface area contributed by atoms with Gasteiger partial charge < -0.3 is 4.74 Å². The first-order chi connectivity index (χ1) is 8.69. The summed E-state index contributed by atoms with van der Waals surface area (Å²) < 4.78 is 31.4. The third-order valence-corrected chi connectivity index (χ3v) is 3.43. The van der Waals surface area contributed by atoms with Gasteiger partial charge in [-0.25, -0.2) is 19.2 Å². The van der Waals surface area contributed by atoms with Crippen LogP contribution in [0.5, 0.6) is 0 Å². The SMILES string of the molecule is CC(=O)c1csc(NS(=O)(=O)NC(=O)OC(C)C)n1. The fourth-order valence-electron chi connectivity index (χ4n) is 0.971. The fourth-order valence-corrected chi connectivity index (χ4v) is 2.68. The number of amides is 1. The van der Waals surface area contributed by atoms with Gasteiger partial charge in [0.05, 0.1) is 6.10 Å². The average Bonchev–Trinajstić information content (AvgIpc) is 2.62. The average molecular weight is 307 g/mol. The van der Waals surface area contributed by atoms with Crippen molar-refractivity contribution in [2.45, 2.75) is 26.9 Å². The fraction of sp³-hybridized carbons (Fsp3) is 0.444. The predicted molar refractivity (Wildman–Crippen MR) is 69.4 cm³/mol. The number of Topliss-reactive ketones (excluding diaryl/α,β-unsaturated/α-hetero) is 1. The number of hydrogen-bond donors (Lipinski definition) is 2. The van der Waals surface area contributed by atoms with E-state index in [0.29, 0.717) is 0 Å². The first kappa shape index (κ1) is 15.4. The molecule has 0 saturated heterocycles. The first-order valence-electron chi connectivity index (χ1n) is 5.17. The summed E-state index contributed by atoms with van der Waals surface area (Å²) in [5.41, 5.74) is 0.146. The van der Waals surface area contributed by atoms with E-state index < -0.39 is 22.4 Å². The quantitative estimate of drug-likeness (QED) is 0.788. The van der Waals surface area contributed by atoms with Crippen molar-refractivity contribution >= 4 is 38.6 Å². The van der Waals surface area contributed by atoms with Gasteiger partial charge in [-0.05, 0) is 13.8 Å². The number of aromatic nitrogens is 1. The molecule has 0 aromatic carbocycles. The Kier molecular flexibility index (Phi) is 4.84. The zero-order valence-electron chi connectivity index (χ0n) is 10.5. The van der Waals surface area contributed by atoms with Crippen molar-refractivity contribution in [3.63, 3.8) is 0 Å². The zero-order chi connectivity index (χ0) is 14.6. The Morgan fingerprint density at radius 1 is 1.42 bits per heavy atom. The number of rotatable bonds is 5. The van der Waals surface area contributed by atoms with Gasteiger partial charge in [0.25, 0.3) is 0 Å². The molecule has 0 radical (unpaired) electrons. The molecule has 0 spiro atoms. The van der Waals surface area contributed by atoms with E-state index in [-0.39, 0.29) is 16.6 Å². The number of anilines is 1. The van der Waals surface area contributed by atoms with Gasteiger partial charge >= 0.3 is 16.3 Å². The molecule has 8 nitrogen and oxygen atoms in total. The molecule has 0 aliphatic heterocycles. The van der Waals surface area contributed by atoms with E-state index in [1.165, 1.54) is 12.3 Å². The minimum absolute atomic E-state index is 0.0185. The van der Waals surface area contributed by atoms with Crippen molar-refractivity contribution in [1.82, 2.24) is 9.71 Å². The molecule has 1 aromatic rings. The standard InChI is InChI=1S/C9H13N3O5S2/c1-5(2)17-9(14)12-19(15,16)11-8-10-7(4-18-8)6(3)13/h4-5H,1-3H3,(H,10,11)(H,12,14). The summed E-state index contributed by atoms with van der Waals surface area (Å²) in [6.45, 7) is 4.48. The van der Waals surface area contributed by atoms with Gasteiger partial charge in [-0.1, -0.05) is 0 Å². The maximum absolute atomic E-state index is 11.5. The summed E-state index contributed by atoms with van der Waals surface area (Å²) in [5.74, 6) is -0.283. The van der Waals surface area contributed by atoms with E-state index in [1.807, 2.05) is 4.72 Å². The number of carbonyl (C=O) groups excluding carboxylic acids is 2. The highest BCUT2D eigenvalue weighted by Crippen LogP contribution is 2.16. The molecule has 106 valence electrons. The third kappa shape index (κ3) is 5.22. The van der Waals surface area contributed by atoms with Gasteiger partial charge in [-0.15, -0.1) is 11.3 Å². The first-order valence-corrected chi connectivity index (χ1v) is 7.53. The Bertz CT molecular complexity index is 578. The lowest BCUT2D eigenvalue weighted by molar-refractivity contribution is 0.101. The summed E-state index contributed by atoms with van der Waals surface area (Å²) in [6, 6.07) is 0. The number of thiazole rings is 1. The minimum Gasteiger partial charge on any atom is -0.446 e. The number of ketones is 1. The van der Waals surface area contributed by atoms with Crippen LogP contribution < -0.4 is 9.44 Å². The molecule has 0 saturated carbocycles. The van der Waals surface area contributed by atoms with E-state index in [0.717, 1.165) is 11.3 Å². The Morgan fingerprint density at radius 2 is 2.05 bits per heavy atom. The van der Waals surface area contributed by atoms with E-state index in [4.69, 9.17) is 0 Å². The topological polar surface area (TPSA) is 114 Å². The van der Waals surface area contributed by atoms with Gasteiger partial charge in [-0.3, -0.25) is 4.79 Å². The summed E-state index contributed by atoms with van der Waals surface area (Å²) in [4.78, 5) is 25.9. The highest BCUT2D eigenvalue weighted by molar-refractivity contribution is 7.91. The Labute approximate surface area is 114 Å². The third-order valence-electron chi connectivity index (χ3n) is 1.65. The summed E-state index contributed by atoms with van der Waals surface area (Å²) in [6.07, 6.45) is -1.54. The second-order valence-electron chi connectivity index (χ2n) is 3.76. The molecule has 0 aliphatic rings. The lowest BCUT2D eigenvalue weighted by atomic mass is 10.4. The van der Waals surface area contributed by atoms with Crippen LogP contribution in [0.3, 0.4) is 0 Å². The van der Waals surface area contributed by atoms with Gasteiger partial charge in [0.2, 0.25) is 0 Å². The lowest BCUT2D eigenvalue weighted by Crippen LogP contribution is -2.36. The highest BCUT2D eigenvalue weighted by atomic mass is 32.2. The number of nitrogens with zero attached hydrogens (tertiary/aromatic N) is 1. The van der Waals surface area contributed by atoms with Crippen molar-refractivity contribution in [2.24, 2.45) is 0 Å². The molecule has 10 heteroatoms. The second-order valence-corrected chi connectivity index (χ2v) is 6.03. The smallest absolute Gasteiger partial charge is 0.422 e. The predicted octanol–water partition coefficient (Wildman–Crippen LogP) is 1.14. The largest absolute Gasteiger partial charge is 0.446 e. The minimum atomic E-state index is -4.13. The molecule has 0 bridgehead atoms. The highest BCUT2D eigenvalue weighted by Gasteiger charge is 2.18. The summed E-state index contributed by atoms with van der Waals surface area (Å²) in [5, 5.41) is 1.39. The van der Waals surface area contributed by atoms with Gasteiger partial charge in [0, 0.05) is 12.3 Å². The molecule has 0 atom stereocenters. The number of ether oxygens (including phenoxy) is 1. The van der Waals surface area contributed by atoms with Crippen LogP contribution in [0.15, 0.2) is 5.38 Å². The number of nitrogens with one attached hydrogen (secondary N) is 2. The van der Waals surface area contributed by atoms with Gasteiger partial charge in [0.1, 0.15) is 5.69 Å². The lowest BCUT2D eigenvalue weighted by Gasteiger charge is -2.09. The van der Waals surface area contributed by atoms with Crippen LogP contribution in [-0.4, -0.2) is 31.4 Å². The van der Waals surface area contributed by atoms with E-state index in [2.05, 4.69) is 9.72 Å². The van der Waals surface area contributed by atoms with Crippen LogP contribution >= 0.6 is 11.3 Å². The Balaban J connectivity index is 2.68. The molecule has 1 aromatic heterocycles. The van der Waals surface area contributed by atoms with E-state index in [9.17, 15) is 18.0 Å². The van der Waals surface area contributed by atoms with Crippen molar-refractivity contribution in [3.8, 4) is 0 Å². The molecule has 1 heterocycles. The molecule has 1 rings (SSSR count). The van der Waals surface area contributed by atoms with Gasteiger partial charge in [0.15, 0.2) is 10.9 Å². The number of carbonyl (C=O) groups is 2. The van der Waals surface area contributed by atoms with Crippen molar-refractivity contribution in [3.05, 3.63) is 11.1 Å². The molecule has 0 unspecified atom stereocenters. The molecule has 19 heavy (non-hydrogen) atoms. The van der Waals surface area contributed by atoms with E-state index in [1.54, 1.807) is 18.6 Å². The van der Waals surface area contributed by atoms with E-state index >= 15 is 0 Å². The maximum atomic E-state index is 11.5. The second kappa shape index (κ2) is 5.97. The molecule has 0 aliphatic carbocycles. The van der Waals surface area contributed by atoms with Gasteiger partial charge in [-0.2, -0.15) is 8.42 Å². The molecule has 0 fully saturated rings. The van der Waals surface area contributed by atoms with Crippen molar-refractivity contribution in [2.75, 3.05) is 4.72 Å². The van der Waals surface area contributed by atoms with Crippen LogP contribution in [0.25, 0.3) is 0 Å². The maximum Gasteiger partial charge on any atom is 0.422 e. The van der Waals surface area contributed by atoms with Crippen LogP contribution in [0.4, 0.5) is 9.93 Å². The van der Waals surface area contributed by atoms with Crippen LogP contribution in [0.2, 0.25) is 0 Å². The summed E-state index contributed by atoms with van der Waals surface area (Å²) >= 11 is 0.931. The molecule has 2 N–H and O–H groups in total. The summed E-state index contributed by atoms with van der Waals surface area (Å²) in [7, 11) is -4.13. The Morgan fingerprint density at radius 3 is 2.53 bits per heavy atom. The van der Waals surface area contributed by atoms with Crippen LogP contribution in [-0.2, 0) is 14.9 Å². The number of hydrogen-bond acceptors (Lipinski definition) is 7. The van der Waals surface area contributed by atoms with Crippen LogP contribution in [0.1, 0.15) is 31.3 Å². The molecular formula is C9H13N3O5S2. The van der Waals surface area contributed by atoms with Crippen molar-refractivity contribution in [1.29, 1.82) is 0 Å². The normalized spacial score (nSPS) is 11.2. The molecular weight excluding hydrogens is 294 g/mol.